The lowest BCUT2D eigenvalue weighted by Gasteiger charge is -2.15. The van der Waals surface area contributed by atoms with Crippen molar-refractivity contribution in [3.8, 4) is 0 Å². The van der Waals surface area contributed by atoms with Gasteiger partial charge in [0.15, 0.2) is 4.32 Å². The van der Waals surface area contributed by atoms with E-state index in [4.69, 9.17) is 12.2 Å². The summed E-state index contributed by atoms with van der Waals surface area (Å²) in [5, 5.41) is 11.2. The number of thioether (sulfide) groups is 1. The molecular weight excluding hydrogens is 349 g/mol. The number of nitrogens with zero attached hydrogens (tertiary/aromatic N) is 1. The van der Waals surface area contributed by atoms with Crippen LogP contribution < -0.4 is 10.0 Å². The first kappa shape index (κ1) is 16.4. The van der Waals surface area contributed by atoms with Crippen molar-refractivity contribution in [2.45, 2.75) is 0 Å². The number of carbonyl (C=O) groups excluding carboxylic acids is 2. The fourth-order valence-electron chi connectivity index (χ4n) is 2.26. The second kappa shape index (κ2) is 6.54. The quantitative estimate of drug-likeness (QED) is 0.623. The summed E-state index contributed by atoms with van der Waals surface area (Å²) in [6.07, 6.45) is 1.42. The molecule has 0 N–H and O–H groups in total. The normalized spacial score (nSPS) is 16.0. The van der Waals surface area contributed by atoms with Crippen molar-refractivity contribution in [1.29, 1.82) is 0 Å². The fraction of sp³-hybridized carbons (Fsp3) is 0. The lowest BCUT2D eigenvalue weighted by molar-refractivity contribution is -0.255. The second-order valence-electron chi connectivity index (χ2n) is 4.84. The molecule has 0 aromatic heterocycles. The third-order valence-corrected chi connectivity index (χ3v) is 4.66. The summed E-state index contributed by atoms with van der Waals surface area (Å²) in [4.78, 5) is 25.0. The number of hydrogen-bond donors (Lipinski definition) is 0. The van der Waals surface area contributed by atoms with Crippen LogP contribution in [0.25, 0.3) is 6.08 Å². The first-order valence-electron chi connectivity index (χ1n) is 6.82. The summed E-state index contributed by atoms with van der Waals surface area (Å²) < 4.78 is 14.1. The third-order valence-electron chi connectivity index (χ3n) is 3.35. The summed E-state index contributed by atoms with van der Waals surface area (Å²) >= 11 is 6.16. The molecule has 0 radical (unpaired) electrons. The number of rotatable bonds is 3. The first-order valence-corrected chi connectivity index (χ1v) is 8.04. The Morgan fingerprint density at radius 3 is 2.54 bits per heavy atom. The van der Waals surface area contributed by atoms with Gasteiger partial charge in [0.05, 0.1) is 16.6 Å². The molecular formula is C17H9FNO3S2-. The maximum absolute atomic E-state index is 13.9. The number of para-hydroxylation sites is 1. The summed E-state index contributed by atoms with van der Waals surface area (Å²) in [6, 6.07) is 12.0. The van der Waals surface area contributed by atoms with Crippen molar-refractivity contribution in [1.82, 2.24) is 0 Å². The van der Waals surface area contributed by atoms with Crippen LogP contribution in [0.2, 0.25) is 0 Å². The van der Waals surface area contributed by atoms with E-state index in [-0.39, 0.29) is 20.5 Å². The lowest BCUT2D eigenvalue weighted by atomic mass is 10.1. The molecule has 1 heterocycles. The van der Waals surface area contributed by atoms with Crippen molar-refractivity contribution in [2.24, 2.45) is 0 Å². The Balaban J connectivity index is 2.01. The molecule has 24 heavy (non-hydrogen) atoms. The van der Waals surface area contributed by atoms with E-state index in [2.05, 4.69) is 0 Å². The Bertz CT molecular complexity index is 895. The van der Waals surface area contributed by atoms with Gasteiger partial charge < -0.3 is 9.90 Å². The molecule has 0 spiro atoms. The van der Waals surface area contributed by atoms with Crippen LogP contribution in [-0.4, -0.2) is 16.2 Å². The molecule has 0 saturated carbocycles. The van der Waals surface area contributed by atoms with E-state index < -0.39 is 17.7 Å². The van der Waals surface area contributed by atoms with E-state index in [0.717, 1.165) is 16.7 Å². The molecule has 1 amide bonds. The van der Waals surface area contributed by atoms with E-state index in [9.17, 15) is 19.1 Å². The number of hydrogen-bond acceptors (Lipinski definition) is 5. The Morgan fingerprint density at radius 1 is 1.17 bits per heavy atom. The van der Waals surface area contributed by atoms with Gasteiger partial charge in [-0.05, 0) is 23.8 Å². The molecule has 2 aromatic carbocycles. The molecule has 0 aliphatic carbocycles. The Labute approximate surface area is 146 Å². The summed E-state index contributed by atoms with van der Waals surface area (Å²) in [6.45, 7) is 0. The zero-order chi connectivity index (χ0) is 17.3. The van der Waals surface area contributed by atoms with Gasteiger partial charge in [-0.1, -0.05) is 60.4 Å². The van der Waals surface area contributed by atoms with Gasteiger partial charge in [0, 0.05) is 5.56 Å². The van der Waals surface area contributed by atoms with E-state index >= 15 is 0 Å². The zero-order valence-electron chi connectivity index (χ0n) is 12.1. The van der Waals surface area contributed by atoms with Gasteiger partial charge in [-0.15, -0.1) is 0 Å². The van der Waals surface area contributed by atoms with Crippen LogP contribution in [0, 0.1) is 5.82 Å². The van der Waals surface area contributed by atoms with Crippen molar-refractivity contribution in [3.63, 3.8) is 0 Å². The van der Waals surface area contributed by atoms with Crippen LogP contribution in [-0.2, 0) is 4.79 Å². The van der Waals surface area contributed by atoms with E-state index in [1.165, 1.54) is 30.3 Å². The van der Waals surface area contributed by atoms with Crippen LogP contribution in [0.3, 0.4) is 0 Å². The molecule has 1 fully saturated rings. The molecule has 1 aliphatic heterocycles. The van der Waals surface area contributed by atoms with Crippen LogP contribution in [0.1, 0.15) is 15.9 Å². The van der Waals surface area contributed by atoms with Gasteiger partial charge in [0.25, 0.3) is 5.91 Å². The summed E-state index contributed by atoms with van der Waals surface area (Å²) in [7, 11) is 0. The topological polar surface area (TPSA) is 60.4 Å². The molecule has 2 aromatic rings. The van der Waals surface area contributed by atoms with Crippen molar-refractivity contribution in [2.75, 3.05) is 4.90 Å². The molecule has 1 saturated heterocycles. The number of carbonyl (C=O) groups is 2. The van der Waals surface area contributed by atoms with Crippen molar-refractivity contribution >= 4 is 51.9 Å². The molecule has 0 atom stereocenters. The highest BCUT2D eigenvalue weighted by Gasteiger charge is 2.34. The molecule has 4 nitrogen and oxygen atoms in total. The highest BCUT2D eigenvalue weighted by molar-refractivity contribution is 8.27. The average Bonchev–Trinajstić information content (AvgIpc) is 2.82. The van der Waals surface area contributed by atoms with Gasteiger partial charge in [-0.25, -0.2) is 4.39 Å². The van der Waals surface area contributed by atoms with Crippen LogP contribution in [0.4, 0.5) is 10.1 Å². The smallest absolute Gasteiger partial charge is 0.270 e. The van der Waals surface area contributed by atoms with Crippen LogP contribution in [0.5, 0.6) is 0 Å². The zero-order valence-corrected chi connectivity index (χ0v) is 13.7. The standard InChI is InChI=1S/C17H10FNO3S2/c18-12-7-3-4-8-13(12)19-15(20)14(24-17(19)23)9-10-5-1-2-6-11(10)16(21)22/h1-9H,(H,21,22)/p-1/b14-9-. The van der Waals surface area contributed by atoms with Gasteiger partial charge in [0.1, 0.15) is 5.82 Å². The molecule has 120 valence electrons. The van der Waals surface area contributed by atoms with E-state index in [0.29, 0.717) is 5.56 Å². The maximum atomic E-state index is 13.9. The van der Waals surface area contributed by atoms with E-state index in [1.807, 2.05) is 0 Å². The molecule has 0 unspecified atom stereocenters. The second-order valence-corrected chi connectivity index (χ2v) is 6.52. The highest BCUT2D eigenvalue weighted by atomic mass is 32.2. The number of anilines is 1. The minimum Gasteiger partial charge on any atom is -0.545 e. The van der Waals surface area contributed by atoms with Gasteiger partial charge >= 0.3 is 0 Å². The minimum atomic E-state index is -1.34. The Kier molecular flexibility index (Phi) is 4.46. The number of thiocarbonyl (C=S) groups is 1. The van der Waals surface area contributed by atoms with Crippen LogP contribution in [0.15, 0.2) is 53.4 Å². The molecule has 7 heteroatoms. The number of benzene rings is 2. The summed E-state index contributed by atoms with van der Waals surface area (Å²) in [5.74, 6) is -2.40. The average molecular weight is 358 g/mol. The first-order chi connectivity index (χ1) is 11.5. The number of halogens is 1. The Morgan fingerprint density at radius 2 is 1.83 bits per heavy atom. The fourth-order valence-corrected chi connectivity index (χ4v) is 3.53. The minimum absolute atomic E-state index is 0.0336. The SMILES string of the molecule is O=C([O-])c1ccccc1/C=C1\SC(=S)N(c2ccccc2F)C1=O. The predicted molar refractivity (Wildman–Crippen MR) is 92.8 cm³/mol. The lowest BCUT2D eigenvalue weighted by Crippen LogP contribution is -2.28. The molecule has 1 aliphatic rings. The molecule has 0 bridgehead atoms. The number of carboxylic acids is 1. The van der Waals surface area contributed by atoms with Gasteiger partial charge in [0.2, 0.25) is 0 Å². The predicted octanol–water partition coefficient (Wildman–Crippen LogP) is 2.60. The van der Waals surface area contributed by atoms with Gasteiger partial charge in [-0.2, -0.15) is 0 Å². The number of amides is 1. The van der Waals surface area contributed by atoms with Crippen molar-refractivity contribution < 1.29 is 19.1 Å². The monoisotopic (exact) mass is 358 g/mol. The van der Waals surface area contributed by atoms with Crippen LogP contribution >= 0.6 is 24.0 Å². The van der Waals surface area contributed by atoms with Gasteiger partial charge in [-0.3, -0.25) is 9.69 Å². The van der Waals surface area contributed by atoms with E-state index in [1.54, 1.807) is 24.3 Å². The third kappa shape index (κ3) is 2.95. The largest absolute Gasteiger partial charge is 0.545 e. The number of aromatic carboxylic acids is 1. The summed E-state index contributed by atoms with van der Waals surface area (Å²) in [5.41, 5.74) is 0.358. The number of carboxylic acid groups (broad SMARTS) is 1. The molecule has 3 rings (SSSR count). The van der Waals surface area contributed by atoms with Crippen molar-refractivity contribution in [3.05, 3.63) is 70.4 Å². The Hall–Kier alpha value is -2.51. The highest BCUT2D eigenvalue weighted by Crippen LogP contribution is 2.37. The maximum Gasteiger partial charge on any atom is 0.270 e.